The Kier molecular flexibility index (Phi) is 4.76. The number of hydrogen-bond acceptors (Lipinski definition) is 6. The third kappa shape index (κ3) is 3.67. The van der Waals surface area contributed by atoms with E-state index in [-0.39, 0.29) is 5.28 Å². The maximum atomic E-state index is 5.99. The van der Waals surface area contributed by atoms with Crippen molar-refractivity contribution in [1.29, 1.82) is 0 Å². The lowest BCUT2D eigenvalue weighted by molar-refractivity contribution is 0.273. The number of aromatic nitrogens is 3. The first kappa shape index (κ1) is 14.3. The zero-order valence-electron chi connectivity index (χ0n) is 11.7. The van der Waals surface area contributed by atoms with Crippen LogP contribution < -0.4 is 10.2 Å². The molecular formula is C12H21ClN6. The molecular weight excluding hydrogens is 264 g/mol. The Morgan fingerprint density at radius 3 is 2.79 bits per heavy atom. The van der Waals surface area contributed by atoms with Gasteiger partial charge in [0.1, 0.15) is 0 Å². The molecule has 1 N–H and O–H groups in total. The zero-order valence-corrected chi connectivity index (χ0v) is 12.5. The van der Waals surface area contributed by atoms with Crippen LogP contribution in [0.4, 0.5) is 11.9 Å². The second-order valence-corrected chi connectivity index (χ2v) is 5.30. The number of nitrogens with one attached hydrogen (secondary N) is 1. The second kappa shape index (κ2) is 6.34. The van der Waals surface area contributed by atoms with E-state index in [4.69, 9.17) is 11.6 Å². The number of nitrogens with zero attached hydrogens (tertiary/aromatic N) is 5. The fourth-order valence-corrected chi connectivity index (χ4v) is 2.38. The number of likely N-dealkylation sites (N-methyl/N-ethyl adjacent to an activating group) is 1. The highest BCUT2D eigenvalue weighted by Crippen LogP contribution is 2.18. The van der Waals surface area contributed by atoms with Crippen LogP contribution in [0.2, 0.25) is 5.28 Å². The minimum Gasteiger partial charge on any atom is -0.354 e. The molecule has 1 aliphatic heterocycles. The summed E-state index contributed by atoms with van der Waals surface area (Å²) in [6.07, 6.45) is 1.02. The number of halogens is 1. The van der Waals surface area contributed by atoms with Gasteiger partial charge in [-0.25, -0.2) is 0 Å². The van der Waals surface area contributed by atoms with Gasteiger partial charge in [-0.3, -0.25) is 0 Å². The molecule has 2 heterocycles. The standard InChI is InChI=1S/C12H21ClN6/c1-4-5-14-11-15-10(13)16-12(17-11)19-7-6-18(3)8-9(19)2/h9H,4-8H2,1-3H3,(H,14,15,16,17). The summed E-state index contributed by atoms with van der Waals surface area (Å²) in [5.41, 5.74) is 0. The lowest BCUT2D eigenvalue weighted by atomic mass is 10.2. The monoisotopic (exact) mass is 284 g/mol. The molecule has 0 bridgehead atoms. The first-order chi connectivity index (χ1) is 9.10. The topological polar surface area (TPSA) is 57.2 Å². The summed E-state index contributed by atoms with van der Waals surface area (Å²) in [5, 5.41) is 3.40. The van der Waals surface area contributed by atoms with Crippen LogP contribution in [0.3, 0.4) is 0 Å². The van der Waals surface area contributed by atoms with Crippen LogP contribution in [0, 0.1) is 0 Å². The molecule has 1 aromatic heterocycles. The third-order valence-electron chi connectivity index (χ3n) is 3.22. The molecule has 1 aromatic rings. The highest BCUT2D eigenvalue weighted by molar-refractivity contribution is 6.28. The van der Waals surface area contributed by atoms with Crippen LogP contribution in [-0.2, 0) is 0 Å². The largest absolute Gasteiger partial charge is 0.354 e. The molecule has 1 unspecified atom stereocenters. The quantitative estimate of drug-likeness (QED) is 0.904. The first-order valence-corrected chi connectivity index (χ1v) is 7.08. The molecule has 6 nitrogen and oxygen atoms in total. The Balaban J connectivity index is 2.16. The van der Waals surface area contributed by atoms with Crippen molar-refractivity contribution < 1.29 is 0 Å². The van der Waals surface area contributed by atoms with E-state index >= 15 is 0 Å². The fourth-order valence-electron chi connectivity index (χ4n) is 2.22. The Hall–Kier alpha value is -1.14. The van der Waals surface area contributed by atoms with Gasteiger partial charge in [0.25, 0.3) is 0 Å². The van der Waals surface area contributed by atoms with Crippen molar-refractivity contribution in [2.75, 3.05) is 43.4 Å². The van der Waals surface area contributed by atoms with E-state index < -0.39 is 0 Å². The molecule has 0 saturated carbocycles. The SMILES string of the molecule is CCCNc1nc(Cl)nc(N2CCN(C)CC2C)n1. The predicted molar refractivity (Wildman–Crippen MR) is 77.9 cm³/mol. The Morgan fingerprint density at radius 2 is 2.11 bits per heavy atom. The highest BCUT2D eigenvalue weighted by atomic mass is 35.5. The summed E-state index contributed by atoms with van der Waals surface area (Å²) in [6, 6.07) is 0.372. The predicted octanol–water partition coefficient (Wildman–Crippen LogP) is 1.49. The number of piperazine rings is 1. The van der Waals surface area contributed by atoms with Crippen molar-refractivity contribution in [2.45, 2.75) is 26.3 Å². The molecule has 0 radical (unpaired) electrons. The molecule has 2 rings (SSSR count). The van der Waals surface area contributed by atoms with Gasteiger partial charge in [0.15, 0.2) is 0 Å². The minimum atomic E-state index is 0.245. The lowest BCUT2D eigenvalue weighted by Crippen LogP contribution is -2.51. The first-order valence-electron chi connectivity index (χ1n) is 6.70. The molecule has 7 heteroatoms. The Bertz CT molecular complexity index is 427. The van der Waals surface area contributed by atoms with Gasteiger partial charge in [-0.05, 0) is 32.0 Å². The average Bonchev–Trinajstić information content (AvgIpc) is 2.35. The molecule has 0 aromatic carbocycles. The number of hydrogen-bond donors (Lipinski definition) is 1. The van der Waals surface area contributed by atoms with Gasteiger partial charge in [-0.2, -0.15) is 15.0 Å². The molecule has 1 saturated heterocycles. The minimum absolute atomic E-state index is 0.245. The van der Waals surface area contributed by atoms with Crippen molar-refractivity contribution >= 4 is 23.5 Å². The van der Waals surface area contributed by atoms with Gasteiger partial charge in [-0.1, -0.05) is 6.92 Å². The maximum absolute atomic E-state index is 5.99. The van der Waals surface area contributed by atoms with Crippen LogP contribution in [0.1, 0.15) is 20.3 Å². The summed E-state index contributed by atoms with van der Waals surface area (Å²) in [4.78, 5) is 17.3. The Labute approximate surface area is 119 Å². The highest BCUT2D eigenvalue weighted by Gasteiger charge is 2.24. The van der Waals surface area contributed by atoms with Crippen molar-refractivity contribution in [2.24, 2.45) is 0 Å². The van der Waals surface area contributed by atoms with Gasteiger partial charge in [-0.15, -0.1) is 0 Å². The second-order valence-electron chi connectivity index (χ2n) is 4.96. The molecule has 1 atom stereocenters. The van der Waals surface area contributed by atoms with Crippen molar-refractivity contribution in [3.05, 3.63) is 5.28 Å². The smallest absolute Gasteiger partial charge is 0.231 e. The molecule has 0 spiro atoms. The normalized spacial score (nSPS) is 20.6. The molecule has 0 amide bonds. The van der Waals surface area contributed by atoms with Crippen LogP contribution >= 0.6 is 11.6 Å². The van der Waals surface area contributed by atoms with Gasteiger partial charge in [0, 0.05) is 32.2 Å². The van der Waals surface area contributed by atoms with Gasteiger partial charge in [0.2, 0.25) is 17.2 Å². The van der Waals surface area contributed by atoms with Gasteiger partial charge in [0.05, 0.1) is 0 Å². The summed E-state index contributed by atoms with van der Waals surface area (Å²) >= 11 is 5.99. The van der Waals surface area contributed by atoms with Gasteiger partial charge < -0.3 is 15.1 Å². The third-order valence-corrected chi connectivity index (χ3v) is 3.39. The fraction of sp³-hybridized carbons (Fsp3) is 0.750. The summed E-state index contributed by atoms with van der Waals surface area (Å²) < 4.78 is 0. The van der Waals surface area contributed by atoms with E-state index in [0.717, 1.165) is 32.6 Å². The summed E-state index contributed by atoms with van der Waals surface area (Å²) in [6.45, 7) is 8.02. The van der Waals surface area contributed by atoms with E-state index in [2.05, 4.69) is 51.0 Å². The van der Waals surface area contributed by atoms with Crippen LogP contribution in [-0.4, -0.2) is 59.1 Å². The summed E-state index contributed by atoms with van der Waals surface area (Å²) in [5.74, 6) is 1.22. The maximum Gasteiger partial charge on any atom is 0.231 e. The molecule has 1 aliphatic rings. The molecule has 106 valence electrons. The summed E-state index contributed by atoms with van der Waals surface area (Å²) in [7, 11) is 2.13. The van der Waals surface area contributed by atoms with Crippen LogP contribution in [0.5, 0.6) is 0 Å². The van der Waals surface area contributed by atoms with Crippen LogP contribution in [0.15, 0.2) is 0 Å². The zero-order chi connectivity index (χ0) is 13.8. The number of rotatable bonds is 4. The van der Waals surface area contributed by atoms with E-state index in [1.54, 1.807) is 0 Å². The molecule has 0 aliphatic carbocycles. The van der Waals surface area contributed by atoms with Crippen molar-refractivity contribution in [1.82, 2.24) is 19.9 Å². The van der Waals surface area contributed by atoms with E-state index in [1.807, 2.05) is 0 Å². The number of anilines is 2. The van der Waals surface area contributed by atoms with E-state index in [1.165, 1.54) is 0 Å². The van der Waals surface area contributed by atoms with Crippen molar-refractivity contribution in [3.8, 4) is 0 Å². The van der Waals surface area contributed by atoms with Gasteiger partial charge >= 0.3 is 0 Å². The van der Waals surface area contributed by atoms with Crippen LogP contribution in [0.25, 0.3) is 0 Å². The Morgan fingerprint density at radius 1 is 1.32 bits per heavy atom. The van der Waals surface area contributed by atoms with Crippen molar-refractivity contribution in [3.63, 3.8) is 0 Å². The van der Waals surface area contributed by atoms with E-state index in [9.17, 15) is 0 Å². The average molecular weight is 285 g/mol. The molecule has 1 fully saturated rings. The van der Waals surface area contributed by atoms with E-state index in [0.29, 0.717) is 17.9 Å². The lowest BCUT2D eigenvalue weighted by Gasteiger charge is -2.38. The molecule has 19 heavy (non-hydrogen) atoms.